The Morgan fingerprint density at radius 2 is 1.96 bits per heavy atom. The van der Waals surface area contributed by atoms with E-state index in [2.05, 4.69) is 21.2 Å². The Morgan fingerprint density at radius 1 is 1.25 bits per heavy atom. The molecule has 6 nitrogen and oxygen atoms in total. The molecule has 0 radical (unpaired) electrons. The third-order valence-electron chi connectivity index (χ3n) is 4.64. The summed E-state index contributed by atoms with van der Waals surface area (Å²) < 4.78 is 33.0. The standard InChI is InChI=1S/C19H20BrClN2O4S/c1-27-15-5-7-16(8-6-15)28(25,26)23-10-2-3-13(12-23)19(24)22-14-4-9-17(20)18(21)11-14/h4-9,11,13H,2-3,10,12H2,1H3,(H,22,24)/t13-/m1/s1. The van der Waals surface area contributed by atoms with Crippen LogP contribution in [-0.4, -0.2) is 38.8 Å². The molecule has 1 aliphatic heterocycles. The molecule has 1 N–H and O–H groups in total. The monoisotopic (exact) mass is 486 g/mol. The molecule has 2 aromatic rings. The number of hydrogen-bond donors (Lipinski definition) is 1. The van der Waals surface area contributed by atoms with Crippen molar-refractivity contribution < 1.29 is 17.9 Å². The molecule has 3 rings (SSSR count). The number of benzene rings is 2. The van der Waals surface area contributed by atoms with E-state index in [9.17, 15) is 13.2 Å². The summed E-state index contributed by atoms with van der Waals surface area (Å²) >= 11 is 9.37. The summed E-state index contributed by atoms with van der Waals surface area (Å²) in [6.45, 7) is 0.534. The Bertz CT molecular complexity index is 966. The van der Waals surface area contributed by atoms with E-state index in [1.807, 2.05) is 0 Å². The van der Waals surface area contributed by atoms with Crippen LogP contribution in [0.2, 0.25) is 5.02 Å². The van der Waals surface area contributed by atoms with Crippen molar-refractivity contribution in [2.24, 2.45) is 5.92 Å². The maximum atomic E-state index is 12.9. The zero-order valence-electron chi connectivity index (χ0n) is 15.2. The second kappa shape index (κ2) is 8.82. The fourth-order valence-electron chi connectivity index (χ4n) is 3.09. The molecule has 0 aromatic heterocycles. The Balaban J connectivity index is 1.71. The Labute approximate surface area is 178 Å². The van der Waals surface area contributed by atoms with Crippen LogP contribution in [0.25, 0.3) is 0 Å². The van der Waals surface area contributed by atoms with Crippen LogP contribution in [0.5, 0.6) is 5.75 Å². The number of methoxy groups -OCH3 is 1. The lowest BCUT2D eigenvalue weighted by Gasteiger charge is -2.31. The van der Waals surface area contributed by atoms with Crippen molar-refractivity contribution in [2.45, 2.75) is 17.7 Å². The van der Waals surface area contributed by atoms with Gasteiger partial charge in [-0.25, -0.2) is 8.42 Å². The smallest absolute Gasteiger partial charge is 0.243 e. The minimum absolute atomic E-state index is 0.143. The normalized spacial score (nSPS) is 17.9. The molecule has 0 saturated carbocycles. The zero-order chi connectivity index (χ0) is 20.3. The maximum absolute atomic E-state index is 12.9. The molecule has 0 spiro atoms. The number of nitrogens with zero attached hydrogens (tertiary/aromatic N) is 1. The summed E-state index contributed by atoms with van der Waals surface area (Å²) in [5.74, 6) is -0.0553. The van der Waals surface area contributed by atoms with Crippen molar-refractivity contribution in [3.8, 4) is 5.75 Å². The zero-order valence-corrected chi connectivity index (χ0v) is 18.4. The van der Waals surface area contributed by atoms with Crippen LogP contribution in [0.1, 0.15) is 12.8 Å². The molecule has 1 amide bonds. The van der Waals surface area contributed by atoms with E-state index in [-0.39, 0.29) is 17.3 Å². The second-order valence-electron chi connectivity index (χ2n) is 6.50. The third-order valence-corrected chi connectivity index (χ3v) is 7.75. The van der Waals surface area contributed by atoms with Crippen molar-refractivity contribution in [3.63, 3.8) is 0 Å². The summed E-state index contributed by atoms with van der Waals surface area (Å²) in [4.78, 5) is 12.8. The molecule has 150 valence electrons. The maximum Gasteiger partial charge on any atom is 0.243 e. The van der Waals surface area contributed by atoms with Gasteiger partial charge in [0.15, 0.2) is 0 Å². The Hall–Kier alpha value is -1.61. The first-order chi connectivity index (χ1) is 13.3. The number of hydrogen-bond acceptors (Lipinski definition) is 4. The molecule has 9 heteroatoms. The van der Waals surface area contributed by atoms with Crippen molar-refractivity contribution in [2.75, 3.05) is 25.5 Å². The van der Waals surface area contributed by atoms with Crippen molar-refractivity contribution in [1.29, 1.82) is 0 Å². The van der Waals surface area contributed by atoms with Crippen LogP contribution >= 0.6 is 27.5 Å². The van der Waals surface area contributed by atoms with E-state index < -0.39 is 15.9 Å². The number of rotatable bonds is 5. The molecule has 0 aliphatic carbocycles. The van der Waals surface area contributed by atoms with Crippen LogP contribution in [0, 0.1) is 5.92 Å². The van der Waals surface area contributed by atoms with Crippen LogP contribution in [0.3, 0.4) is 0 Å². The molecule has 1 atom stereocenters. The molecule has 1 fully saturated rings. The lowest BCUT2D eigenvalue weighted by molar-refractivity contribution is -0.120. The van der Waals surface area contributed by atoms with Crippen molar-refractivity contribution in [1.82, 2.24) is 4.31 Å². The summed E-state index contributed by atoms with van der Waals surface area (Å²) in [5.41, 5.74) is 0.577. The van der Waals surface area contributed by atoms with E-state index in [0.717, 1.165) is 4.47 Å². The molecule has 1 heterocycles. The Morgan fingerprint density at radius 3 is 2.61 bits per heavy atom. The van der Waals surface area contributed by atoms with Gasteiger partial charge in [0.05, 0.1) is 22.9 Å². The van der Waals surface area contributed by atoms with E-state index in [0.29, 0.717) is 35.8 Å². The van der Waals surface area contributed by atoms with Crippen molar-refractivity contribution >= 4 is 49.1 Å². The van der Waals surface area contributed by atoms with E-state index in [1.54, 1.807) is 30.3 Å². The number of carbonyl (C=O) groups excluding carboxylic acids is 1. The van der Waals surface area contributed by atoms with Gasteiger partial charge in [-0.15, -0.1) is 0 Å². The predicted octanol–water partition coefficient (Wildman–Crippen LogP) is 4.15. The van der Waals surface area contributed by atoms with Crippen LogP contribution in [0.4, 0.5) is 5.69 Å². The molecular weight excluding hydrogens is 468 g/mol. The van der Waals surface area contributed by atoms with E-state index >= 15 is 0 Å². The first-order valence-corrected chi connectivity index (χ1v) is 11.3. The summed E-state index contributed by atoms with van der Waals surface area (Å²) in [5, 5.41) is 3.32. The van der Waals surface area contributed by atoms with Gasteiger partial charge >= 0.3 is 0 Å². The number of nitrogens with one attached hydrogen (secondary N) is 1. The fourth-order valence-corrected chi connectivity index (χ4v) is 5.04. The fraction of sp³-hybridized carbons (Fsp3) is 0.316. The number of piperidine rings is 1. The van der Waals surface area contributed by atoms with Gasteiger partial charge in [0, 0.05) is 23.2 Å². The lowest BCUT2D eigenvalue weighted by Crippen LogP contribution is -2.43. The molecule has 0 unspecified atom stereocenters. The van der Waals surface area contributed by atoms with Crippen LogP contribution in [-0.2, 0) is 14.8 Å². The quantitative estimate of drug-likeness (QED) is 0.687. The number of anilines is 1. The van der Waals surface area contributed by atoms with Crippen molar-refractivity contribution in [3.05, 3.63) is 52.0 Å². The molecule has 1 aliphatic rings. The van der Waals surface area contributed by atoms with Gasteiger partial charge in [0.2, 0.25) is 15.9 Å². The van der Waals surface area contributed by atoms with Gasteiger partial charge < -0.3 is 10.1 Å². The number of halogens is 2. The van der Waals surface area contributed by atoms with E-state index in [4.69, 9.17) is 16.3 Å². The molecule has 28 heavy (non-hydrogen) atoms. The highest BCUT2D eigenvalue weighted by atomic mass is 79.9. The van der Waals surface area contributed by atoms with E-state index in [1.165, 1.54) is 23.5 Å². The number of sulfonamides is 1. The number of ether oxygens (including phenoxy) is 1. The Kier molecular flexibility index (Phi) is 6.65. The third kappa shape index (κ3) is 4.68. The van der Waals surface area contributed by atoms with Crippen LogP contribution in [0.15, 0.2) is 51.8 Å². The SMILES string of the molecule is COc1ccc(S(=O)(=O)N2CCC[C@@H](C(=O)Nc3ccc(Br)c(Cl)c3)C2)cc1. The molecule has 2 aromatic carbocycles. The highest BCUT2D eigenvalue weighted by molar-refractivity contribution is 9.10. The predicted molar refractivity (Wildman–Crippen MR) is 112 cm³/mol. The summed E-state index contributed by atoms with van der Waals surface area (Å²) in [7, 11) is -2.14. The van der Waals surface area contributed by atoms with Gasteiger partial charge in [-0.3, -0.25) is 4.79 Å². The second-order valence-corrected chi connectivity index (χ2v) is 9.70. The van der Waals surface area contributed by atoms with Gasteiger partial charge in [0.25, 0.3) is 0 Å². The molecular formula is C19H20BrClN2O4S. The highest BCUT2D eigenvalue weighted by Gasteiger charge is 2.33. The number of amides is 1. The largest absolute Gasteiger partial charge is 0.497 e. The minimum atomic E-state index is -3.67. The number of carbonyl (C=O) groups is 1. The van der Waals surface area contributed by atoms with Gasteiger partial charge in [-0.05, 0) is 71.2 Å². The van der Waals surface area contributed by atoms with Gasteiger partial charge in [-0.1, -0.05) is 11.6 Å². The molecule has 1 saturated heterocycles. The van der Waals surface area contributed by atoms with Gasteiger partial charge in [0.1, 0.15) is 5.75 Å². The first-order valence-electron chi connectivity index (χ1n) is 8.71. The highest BCUT2D eigenvalue weighted by Crippen LogP contribution is 2.28. The van der Waals surface area contributed by atoms with Crippen LogP contribution < -0.4 is 10.1 Å². The summed E-state index contributed by atoms with van der Waals surface area (Å²) in [6, 6.07) is 11.4. The summed E-state index contributed by atoms with van der Waals surface area (Å²) in [6.07, 6.45) is 1.25. The topological polar surface area (TPSA) is 75.7 Å². The molecule has 0 bridgehead atoms. The average Bonchev–Trinajstić information content (AvgIpc) is 2.71. The van der Waals surface area contributed by atoms with Gasteiger partial charge in [-0.2, -0.15) is 4.31 Å². The average molecular weight is 488 g/mol. The first kappa shape index (κ1) is 21.1. The minimum Gasteiger partial charge on any atom is -0.497 e. The lowest BCUT2D eigenvalue weighted by atomic mass is 9.99.